The maximum Gasteiger partial charge on any atom is 1.00 e. The quantitative estimate of drug-likeness (QED) is 0.529. The van der Waals surface area contributed by atoms with E-state index in [2.05, 4.69) is 4.90 Å². The van der Waals surface area contributed by atoms with Crippen LogP contribution in [0, 0.1) is 0 Å². The molecule has 1 unspecified atom stereocenters. The van der Waals surface area contributed by atoms with Crippen molar-refractivity contribution in [1.82, 2.24) is 0 Å². The van der Waals surface area contributed by atoms with Crippen LogP contribution in [-0.2, 0) is 15.8 Å². The summed E-state index contributed by atoms with van der Waals surface area (Å²) < 4.78 is 25.0. The van der Waals surface area contributed by atoms with Gasteiger partial charge in [-0.25, -0.2) is 4.21 Å². The summed E-state index contributed by atoms with van der Waals surface area (Å²) in [4.78, 5) is 2.66. The van der Waals surface area contributed by atoms with E-state index >= 15 is 0 Å². The van der Waals surface area contributed by atoms with E-state index in [1.165, 1.54) is 0 Å². The van der Waals surface area contributed by atoms with Gasteiger partial charge in [-0.1, -0.05) is 0 Å². The third-order valence-corrected chi connectivity index (χ3v) is 3.56. The molecule has 1 N–H and O–H groups in total. The number of benzene rings is 1. The van der Waals surface area contributed by atoms with Crippen molar-refractivity contribution >= 4 is 16.8 Å². The maximum absolute atomic E-state index is 10.8. The Kier molecular flexibility index (Phi) is 5.70. The Labute approximate surface area is 117 Å². The largest absolute Gasteiger partial charge is 1.00 e. The van der Waals surface area contributed by atoms with Crippen LogP contribution in [0.3, 0.4) is 0 Å². The van der Waals surface area contributed by atoms with Crippen molar-refractivity contribution in [3.05, 3.63) is 24.3 Å². The molecule has 17 heavy (non-hydrogen) atoms. The van der Waals surface area contributed by atoms with E-state index in [1.807, 2.05) is 12.1 Å². The fourth-order valence-electron chi connectivity index (χ4n) is 1.93. The second-order valence-electron chi connectivity index (χ2n) is 3.84. The molecular formula is C11H16LiNO3S. The Morgan fingerprint density at radius 1 is 1.47 bits per heavy atom. The Morgan fingerprint density at radius 3 is 2.59 bits per heavy atom. The van der Waals surface area contributed by atoms with E-state index < -0.39 is 11.1 Å². The summed E-state index contributed by atoms with van der Waals surface area (Å²) in [5.74, 6) is 0. The molecule has 1 aliphatic heterocycles. The van der Waals surface area contributed by atoms with Gasteiger partial charge >= 0.3 is 18.9 Å². The second-order valence-corrected chi connectivity index (χ2v) is 4.81. The van der Waals surface area contributed by atoms with Gasteiger partial charge in [-0.3, -0.25) is 0 Å². The van der Waals surface area contributed by atoms with Crippen molar-refractivity contribution in [3.63, 3.8) is 0 Å². The minimum atomic E-state index is -1.89. The van der Waals surface area contributed by atoms with Crippen molar-refractivity contribution < 1.29 is 33.8 Å². The fraction of sp³-hybridized carbons (Fsp3) is 0.455. The van der Waals surface area contributed by atoms with E-state index in [9.17, 15) is 4.21 Å². The molecule has 0 aromatic heterocycles. The van der Waals surface area contributed by atoms with Crippen LogP contribution in [0.15, 0.2) is 29.2 Å². The summed E-state index contributed by atoms with van der Waals surface area (Å²) in [6.45, 7) is 1.86. The molecular weight excluding hydrogens is 233 g/mol. The minimum absolute atomic E-state index is 0. The molecule has 1 saturated heterocycles. The van der Waals surface area contributed by atoms with Crippen LogP contribution in [0.1, 0.15) is 7.85 Å². The number of rotatable bonds is 3. The molecule has 0 amide bonds. The van der Waals surface area contributed by atoms with Crippen molar-refractivity contribution in [2.24, 2.45) is 0 Å². The zero-order valence-electron chi connectivity index (χ0n) is 11.1. The third kappa shape index (κ3) is 3.57. The maximum atomic E-state index is 10.8. The van der Waals surface area contributed by atoms with Gasteiger partial charge in [0, 0.05) is 25.9 Å². The molecule has 1 aromatic carbocycles. The molecule has 1 aliphatic rings. The first-order chi connectivity index (χ1) is 7.70. The molecule has 0 saturated carbocycles. The van der Waals surface area contributed by atoms with Gasteiger partial charge in [0.25, 0.3) is 0 Å². The van der Waals surface area contributed by atoms with Crippen molar-refractivity contribution in [2.45, 2.75) is 17.4 Å². The number of nitrogens with zero attached hydrogens (tertiary/aromatic N) is 1. The number of ether oxygens (including phenoxy) is 1. The SMILES string of the molecule is CO[C@H]1CCN(c2ccc(S(=O)O)cc2)C1.[H-].[Li+]. The normalized spacial score (nSPS) is 21.1. The van der Waals surface area contributed by atoms with Gasteiger partial charge in [-0.05, 0) is 30.7 Å². The Morgan fingerprint density at radius 2 is 2.12 bits per heavy atom. The van der Waals surface area contributed by atoms with Crippen LogP contribution < -0.4 is 23.8 Å². The average molecular weight is 249 g/mol. The Bertz CT molecular complexity index is 390. The van der Waals surface area contributed by atoms with Crippen molar-refractivity contribution in [3.8, 4) is 0 Å². The summed E-state index contributed by atoms with van der Waals surface area (Å²) in [6.07, 6.45) is 1.33. The van der Waals surface area contributed by atoms with Gasteiger partial charge in [0.1, 0.15) is 0 Å². The summed E-state index contributed by atoms with van der Waals surface area (Å²) in [5.41, 5.74) is 1.08. The van der Waals surface area contributed by atoms with Crippen molar-refractivity contribution in [2.75, 3.05) is 25.1 Å². The molecule has 2 atom stereocenters. The van der Waals surface area contributed by atoms with Gasteiger partial charge < -0.3 is 15.6 Å². The number of methoxy groups -OCH3 is 1. The van der Waals surface area contributed by atoms with Gasteiger partial charge in [-0.2, -0.15) is 0 Å². The zero-order chi connectivity index (χ0) is 11.5. The standard InChI is InChI=1S/C11H15NO3S.Li.H/c1-15-10-6-7-12(8-10)9-2-4-11(5-3-9)16(13)14;;/h2-5,10H,6-8H2,1H3,(H,13,14);;/q;+1;-1/t10-;;/m0../s1. The van der Waals surface area contributed by atoms with Crippen LogP contribution in [0.25, 0.3) is 0 Å². The van der Waals surface area contributed by atoms with Crippen LogP contribution >= 0.6 is 0 Å². The molecule has 2 rings (SSSR count). The third-order valence-electron chi connectivity index (χ3n) is 2.88. The predicted octanol–water partition coefficient (Wildman–Crippen LogP) is -1.39. The van der Waals surface area contributed by atoms with E-state index in [0.29, 0.717) is 11.0 Å². The zero-order valence-corrected chi connectivity index (χ0v) is 10.9. The summed E-state index contributed by atoms with van der Waals surface area (Å²) in [5, 5.41) is 0. The van der Waals surface area contributed by atoms with Crippen LogP contribution in [0.2, 0.25) is 0 Å². The van der Waals surface area contributed by atoms with Crippen molar-refractivity contribution in [1.29, 1.82) is 0 Å². The number of hydrogen-bond acceptors (Lipinski definition) is 3. The smallest absolute Gasteiger partial charge is 1.00 e. The first-order valence-corrected chi connectivity index (χ1v) is 6.30. The van der Waals surface area contributed by atoms with E-state index in [-0.39, 0.29) is 20.3 Å². The molecule has 1 fully saturated rings. The molecule has 6 heteroatoms. The molecule has 4 nitrogen and oxygen atoms in total. The van der Waals surface area contributed by atoms with E-state index in [4.69, 9.17) is 9.29 Å². The number of hydrogen-bond donors (Lipinski definition) is 1. The van der Waals surface area contributed by atoms with E-state index in [0.717, 1.165) is 25.2 Å². The summed E-state index contributed by atoms with van der Waals surface area (Å²) in [7, 11) is 1.73. The molecule has 90 valence electrons. The number of anilines is 1. The molecule has 0 spiro atoms. The topological polar surface area (TPSA) is 49.8 Å². The van der Waals surface area contributed by atoms with Gasteiger partial charge in [0.2, 0.25) is 0 Å². The second kappa shape index (κ2) is 6.57. The molecule has 0 aliphatic carbocycles. The minimum Gasteiger partial charge on any atom is -1.00 e. The fourth-order valence-corrected chi connectivity index (χ4v) is 2.30. The van der Waals surface area contributed by atoms with Crippen LogP contribution in [-0.4, -0.2) is 35.1 Å². The monoisotopic (exact) mass is 249 g/mol. The van der Waals surface area contributed by atoms with Crippen LogP contribution in [0.4, 0.5) is 5.69 Å². The molecule has 0 radical (unpaired) electrons. The average Bonchev–Trinajstić information content (AvgIpc) is 2.77. The predicted molar refractivity (Wildman–Crippen MR) is 64.2 cm³/mol. The molecule has 0 bridgehead atoms. The summed E-state index contributed by atoms with van der Waals surface area (Å²) >= 11 is -1.89. The first kappa shape index (κ1) is 14.7. The van der Waals surface area contributed by atoms with Gasteiger partial charge in [0.15, 0.2) is 11.1 Å². The Hall–Kier alpha value is -0.313. The molecule has 1 aromatic rings. The Balaban J connectivity index is 0.00000144. The first-order valence-electron chi connectivity index (χ1n) is 5.19. The molecule has 1 heterocycles. The van der Waals surface area contributed by atoms with Crippen LogP contribution in [0.5, 0.6) is 0 Å². The van der Waals surface area contributed by atoms with E-state index in [1.54, 1.807) is 19.2 Å². The van der Waals surface area contributed by atoms with Gasteiger partial charge in [-0.15, -0.1) is 0 Å². The van der Waals surface area contributed by atoms with Gasteiger partial charge in [0.05, 0.1) is 11.0 Å². The summed E-state index contributed by atoms with van der Waals surface area (Å²) in [6, 6.07) is 7.13.